The molecule has 2 rings (SSSR count). The van der Waals surface area contributed by atoms with Crippen LogP contribution in [0.5, 0.6) is 0 Å². The molecule has 0 aromatic carbocycles. The molecule has 3 heteroatoms. The molecular weight excluding hydrogens is 288 g/mol. The topological polar surface area (TPSA) is 60.7 Å². The van der Waals surface area contributed by atoms with E-state index in [0.717, 1.165) is 25.7 Å². The van der Waals surface area contributed by atoms with Crippen molar-refractivity contribution < 1.29 is 15.3 Å². The summed E-state index contributed by atoms with van der Waals surface area (Å²) < 4.78 is 0. The van der Waals surface area contributed by atoms with Gasteiger partial charge in [0.1, 0.15) is 0 Å². The van der Waals surface area contributed by atoms with Gasteiger partial charge in [-0.2, -0.15) is 0 Å². The largest absolute Gasteiger partial charge is 0.393 e. The van der Waals surface area contributed by atoms with Crippen LogP contribution in [0.1, 0.15) is 72.6 Å². The summed E-state index contributed by atoms with van der Waals surface area (Å²) in [6, 6.07) is 0. The van der Waals surface area contributed by atoms with Crippen molar-refractivity contribution in [2.45, 2.75) is 78.2 Å². The molecule has 0 bridgehead atoms. The third-order valence-corrected chi connectivity index (χ3v) is 7.13. The Morgan fingerprint density at radius 3 is 2.43 bits per heavy atom. The van der Waals surface area contributed by atoms with Gasteiger partial charge in [0.25, 0.3) is 0 Å². The molecule has 134 valence electrons. The van der Waals surface area contributed by atoms with E-state index < -0.39 is 5.60 Å². The quantitative estimate of drug-likeness (QED) is 0.676. The van der Waals surface area contributed by atoms with Gasteiger partial charge >= 0.3 is 0 Å². The number of hydrogen-bond acceptors (Lipinski definition) is 3. The predicted octanol–water partition coefficient (Wildman–Crippen LogP) is 3.67. The minimum absolute atomic E-state index is 0.0771. The first-order valence-corrected chi connectivity index (χ1v) is 9.29. The molecule has 0 saturated heterocycles. The van der Waals surface area contributed by atoms with Gasteiger partial charge in [-0.05, 0) is 68.1 Å². The summed E-state index contributed by atoms with van der Waals surface area (Å²) in [6.45, 7) is 9.10. The molecular formula is C20H36O3. The zero-order chi connectivity index (χ0) is 17.3. The predicted molar refractivity (Wildman–Crippen MR) is 94.1 cm³/mol. The van der Waals surface area contributed by atoms with Gasteiger partial charge in [-0.15, -0.1) is 0 Å². The first-order valence-electron chi connectivity index (χ1n) is 9.29. The second-order valence-corrected chi connectivity index (χ2v) is 9.03. The van der Waals surface area contributed by atoms with Crippen molar-refractivity contribution in [3.63, 3.8) is 0 Å². The number of allylic oxidation sites excluding steroid dienone is 1. The summed E-state index contributed by atoms with van der Waals surface area (Å²) in [5.74, 6) is 0.739. The van der Waals surface area contributed by atoms with Crippen LogP contribution in [0.25, 0.3) is 0 Å². The second kappa shape index (κ2) is 6.85. The van der Waals surface area contributed by atoms with Crippen molar-refractivity contribution in [3.8, 4) is 0 Å². The van der Waals surface area contributed by atoms with E-state index >= 15 is 0 Å². The molecule has 2 aliphatic rings. The van der Waals surface area contributed by atoms with Crippen molar-refractivity contribution >= 4 is 0 Å². The van der Waals surface area contributed by atoms with Gasteiger partial charge in [-0.1, -0.05) is 38.8 Å². The summed E-state index contributed by atoms with van der Waals surface area (Å²) in [5, 5.41) is 30.1. The van der Waals surface area contributed by atoms with E-state index in [1.54, 1.807) is 0 Å². The summed E-state index contributed by atoms with van der Waals surface area (Å²) in [7, 11) is 0. The van der Waals surface area contributed by atoms with Crippen LogP contribution in [0.15, 0.2) is 11.6 Å². The molecule has 0 heterocycles. The number of hydrogen-bond donors (Lipinski definition) is 3. The van der Waals surface area contributed by atoms with Crippen molar-refractivity contribution in [3.05, 3.63) is 11.6 Å². The van der Waals surface area contributed by atoms with Crippen LogP contribution in [-0.4, -0.2) is 34.1 Å². The Morgan fingerprint density at radius 1 is 1.13 bits per heavy atom. The molecule has 3 N–H and O–H groups in total. The molecule has 0 amide bonds. The Morgan fingerprint density at radius 2 is 1.83 bits per heavy atom. The summed E-state index contributed by atoms with van der Waals surface area (Å²) in [6.07, 6.45) is 8.98. The van der Waals surface area contributed by atoms with Crippen LogP contribution < -0.4 is 0 Å². The fourth-order valence-electron chi connectivity index (χ4n) is 5.90. The molecule has 0 radical (unpaired) electrons. The Bertz CT molecular complexity index is 442. The molecule has 2 aliphatic carbocycles. The fourth-order valence-corrected chi connectivity index (χ4v) is 5.90. The van der Waals surface area contributed by atoms with E-state index in [2.05, 4.69) is 20.8 Å². The number of aliphatic hydroxyl groups is 3. The molecule has 2 fully saturated rings. The number of fused-ring (bicyclic) bond motifs is 1. The lowest BCUT2D eigenvalue weighted by Crippen LogP contribution is -2.59. The summed E-state index contributed by atoms with van der Waals surface area (Å²) in [5.41, 5.74) is 0.640. The maximum absolute atomic E-state index is 11.1. The van der Waals surface area contributed by atoms with Crippen molar-refractivity contribution in [2.75, 3.05) is 13.2 Å². The Balaban J connectivity index is 2.29. The van der Waals surface area contributed by atoms with Crippen LogP contribution in [-0.2, 0) is 0 Å². The number of aliphatic hydroxyl groups excluding tert-OH is 2. The van der Waals surface area contributed by atoms with E-state index in [0.29, 0.717) is 17.8 Å². The Hall–Kier alpha value is -0.380. The van der Waals surface area contributed by atoms with Crippen molar-refractivity contribution in [2.24, 2.45) is 22.7 Å². The van der Waals surface area contributed by atoms with Crippen LogP contribution in [0.3, 0.4) is 0 Å². The third-order valence-electron chi connectivity index (χ3n) is 7.13. The normalized spacial score (nSPS) is 40.7. The molecule has 2 saturated carbocycles. The molecule has 4 atom stereocenters. The SMILES string of the molecule is C/C(=C\CO)CC[C@H]1C(O)(CO)CCC2C(C)(C)CCC[C@@]21C. The first kappa shape index (κ1) is 19.0. The molecule has 0 spiro atoms. The highest BCUT2D eigenvalue weighted by molar-refractivity contribution is 5.10. The van der Waals surface area contributed by atoms with E-state index in [1.165, 1.54) is 18.4 Å². The van der Waals surface area contributed by atoms with Gasteiger partial charge in [0.15, 0.2) is 0 Å². The average molecular weight is 325 g/mol. The lowest BCUT2D eigenvalue weighted by atomic mass is 9.45. The van der Waals surface area contributed by atoms with E-state index in [1.807, 2.05) is 13.0 Å². The van der Waals surface area contributed by atoms with Gasteiger partial charge in [-0.3, -0.25) is 0 Å². The minimum atomic E-state index is -0.946. The average Bonchev–Trinajstić information content (AvgIpc) is 2.45. The molecule has 0 aromatic heterocycles. The molecule has 23 heavy (non-hydrogen) atoms. The lowest BCUT2D eigenvalue weighted by molar-refractivity contribution is -0.190. The molecule has 0 aromatic rings. The van der Waals surface area contributed by atoms with Crippen LogP contribution >= 0.6 is 0 Å². The zero-order valence-corrected chi connectivity index (χ0v) is 15.4. The van der Waals surface area contributed by atoms with E-state index in [4.69, 9.17) is 5.11 Å². The maximum Gasteiger partial charge on any atom is 0.0910 e. The van der Waals surface area contributed by atoms with Gasteiger partial charge in [0.2, 0.25) is 0 Å². The maximum atomic E-state index is 11.1. The van der Waals surface area contributed by atoms with Gasteiger partial charge < -0.3 is 15.3 Å². The highest BCUT2D eigenvalue weighted by atomic mass is 16.3. The Kier molecular flexibility index (Phi) is 5.65. The zero-order valence-electron chi connectivity index (χ0n) is 15.4. The Labute approximate surface area is 141 Å². The molecule has 3 nitrogen and oxygen atoms in total. The highest BCUT2D eigenvalue weighted by Crippen LogP contribution is 2.62. The minimum Gasteiger partial charge on any atom is -0.393 e. The smallest absolute Gasteiger partial charge is 0.0910 e. The van der Waals surface area contributed by atoms with Gasteiger partial charge in [0, 0.05) is 0 Å². The van der Waals surface area contributed by atoms with E-state index in [9.17, 15) is 10.2 Å². The standard InChI is InChI=1S/C20H36O3/c1-15(9-13-21)6-7-17-19(4)11-5-10-18(2,3)16(19)8-12-20(17,23)14-22/h9,16-17,21-23H,5-8,10-14H2,1-4H3/b15-9+/t16?,17-,19+,20?/m1/s1. The first-order chi connectivity index (χ1) is 10.7. The summed E-state index contributed by atoms with van der Waals surface area (Å²) in [4.78, 5) is 0. The highest BCUT2D eigenvalue weighted by Gasteiger charge is 2.58. The van der Waals surface area contributed by atoms with Gasteiger partial charge in [0.05, 0.1) is 18.8 Å². The van der Waals surface area contributed by atoms with Crippen LogP contribution in [0.4, 0.5) is 0 Å². The van der Waals surface area contributed by atoms with Crippen molar-refractivity contribution in [1.82, 2.24) is 0 Å². The monoisotopic (exact) mass is 324 g/mol. The third kappa shape index (κ3) is 3.52. The van der Waals surface area contributed by atoms with Crippen LogP contribution in [0, 0.1) is 22.7 Å². The molecule has 2 unspecified atom stereocenters. The van der Waals surface area contributed by atoms with E-state index in [-0.39, 0.29) is 24.5 Å². The van der Waals surface area contributed by atoms with Crippen LogP contribution in [0.2, 0.25) is 0 Å². The lowest BCUT2D eigenvalue weighted by Gasteiger charge is -2.61. The summed E-state index contributed by atoms with van der Waals surface area (Å²) >= 11 is 0. The fraction of sp³-hybridized carbons (Fsp3) is 0.900. The molecule has 0 aliphatic heterocycles. The van der Waals surface area contributed by atoms with Crippen molar-refractivity contribution in [1.29, 1.82) is 0 Å². The van der Waals surface area contributed by atoms with Gasteiger partial charge in [-0.25, -0.2) is 0 Å². The second-order valence-electron chi connectivity index (χ2n) is 9.03. The number of rotatable bonds is 5.